The van der Waals surface area contributed by atoms with E-state index in [-0.39, 0.29) is 12.0 Å². The van der Waals surface area contributed by atoms with Crippen molar-refractivity contribution in [3.8, 4) is 0 Å². The van der Waals surface area contributed by atoms with Crippen molar-refractivity contribution in [2.24, 2.45) is 0 Å². The van der Waals surface area contributed by atoms with Gasteiger partial charge in [0.05, 0.1) is 12.6 Å². The highest BCUT2D eigenvalue weighted by atomic mass is 32.1. The largest absolute Gasteiger partial charge is 0.377 e. The highest BCUT2D eigenvalue weighted by molar-refractivity contribution is 7.09. The van der Waals surface area contributed by atoms with Crippen LogP contribution >= 0.6 is 11.3 Å². The van der Waals surface area contributed by atoms with Gasteiger partial charge in [0.2, 0.25) is 5.91 Å². The molecule has 1 saturated heterocycles. The summed E-state index contributed by atoms with van der Waals surface area (Å²) in [6.45, 7) is 5.61. The minimum atomic E-state index is 0.0945. The molecule has 1 unspecified atom stereocenters. The first kappa shape index (κ1) is 14.5. The van der Waals surface area contributed by atoms with Gasteiger partial charge in [0.1, 0.15) is 0 Å². The van der Waals surface area contributed by atoms with E-state index in [2.05, 4.69) is 27.7 Å². The van der Waals surface area contributed by atoms with Gasteiger partial charge in [-0.2, -0.15) is 0 Å². The summed E-state index contributed by atoms with van der Waals surface area (Å²) in [5.74, 6) is 0.0945. The van der Waals surface area contributed by atoms with Crippen LogP contribution in [-0.2, 0) is 16.1 Å². The number of hydrogen-bond donors (Lipinski definition) is 1. The van der Waals surface area contributed by atoms with Crippen molar-refractivity contribution in [2.75, 3.05) is 26.2 Å². The van der Waals surface area contributed by atoms with Crippen LogP contribution in [0.2, 0.25) is 0 Å². The monoisotopic (exact) mass is 282 g/mol. The molecule has 0 bridgehead atoms. The molecule has 2 heterocycles. The Morgan fingerprint density at radius 2 is 2.53 bits per heavy atom. The van der Waals surface area contributed by atoms with Crippen molar-refractivity contribution in [1.29, 1.82) is 0 Å². The number of carbonyl (C=O) groups excluding carboxylic acids is 1. The van der Waals surface area contributed by atoms with Crippen molar-refractivity contribution in [2.45, 2.75) is 32.4 Å². The Kier molecular flexibility index (Phi) is 5.82. The number of hydrogen-bond acceptors (Lipinski definition) is 4. The average Bonchev–Trinajstić information content (AvgIpc) is 3.02. The molecule has 0 aromatic carbocycles. The normalized spacial score (nSPS) is 18.9. The van der Waals surface area contributed by atoms with E-state index in [9.17, 15) is 4.79 Å². The SMILES string of the molecule is CCNC(=O)CN(Cc1cccs1)CC1CCCO1. The van der Waals surface area contributed by atoms with E-state index in [0.717, 1.165) is 32.5 Å². The highest BCUT2D eigenvalue weighted by Gasteiger charge is 2.21. The number of amides is 1. The number of rotatable bonds is 7. The van der Waals surface area contributed by atoms with Gasteiger partial charge in [0.25, 0.3) is 0 Å². The van der Waals surface area contributed by atoms with Gasteiger partial charge in [0, 0.05) is 31.1 Å². The first-order valence-electron chi connectivity index (χ1n) is 6.91. The molecule has 0 radical (unpaired) electrons. The van der Waals surface area contributed by atoms with Gasteiger partial charge in [-0.1, -0.05) is 6.07 Å². The minimum Gasteiger partial charge on any atom is -0.377 e. The molecule has 1 aromatic rings. The van der Waals surface area contributed by atoms with Gasteiger partial charge >= 0.3 is 0 Å². The second-order valence-electron chi connectivity index (χ2n) is 4.84. The Balaban J connectivity index is 1.89. The molecule has 5 heteroatoms. The second kappa shape index (κ2) is 7.62. The highest BCUT2D eigenvalue weighted by Crippen LogP contribution is 2.16. The van der Waals surface area contributed by atoms with E-state index in [0.29, 0.717) is 13.1 Å². The van der Waals surface area contributed by atoms with Gasteiger partial charge < -0.3 is 10.1 Å². The van der Waals surface area contributed by atoms with Crippen LogP contribution < -0.4 is 5.32 Å². The van der Waals surface area contributed by atoms with E-state index in [1.165, 1.54) is 4.88 Å². The zero-order valence-electron chi connectivity index (χ0n) is 11.4. The molecular formula is C14H22N2O2S. The third-order valence-electron chi connectivity index (χ3n) is 3.19. The van der Waals surface area contributed by atoms with Crippen LogP contribution in [0.25, 0.3) is 0 Å². The summed E-state index contributed by atoms with van der Waals surface area (Å²) >= 11 is 1.74. The van der Waals surface area contributed by atoms with Crippen LogP contribution in [0.3, 0.4) is 0 Å². The molecule has 1 amide bonds. The number of nitrogens with zero attached hydrogens (tertiary/aromatic N) is 1. The number of ether oxygens (including phenoxy) is 1. The predicted octanol–water partition coefficient (Wildman–Crippen LogP) is 1.87. The third-order valence-corrected chi connectivity index (χ3v) is 4.05. The molecule has 1 aromatic heterocycles. The smallest absolute Gasteiger partial charge is 0.234 e. The van der Waals surface area contributed by atoms with E-state index >= 15 is 0 Å². The van der Waals surface area contributed by atoms with Crippen LogP contribution in [0.5, 0.6) is 0 Å². The quantitative estimate of drug-likeness (QED) is 0.830. The van der Waals surface area contributed by atoms with Crippen molar-refractivity contribution < 1.29 is 9.53 Å². The van der Waals surface area contributed by atoms with Crippen LogP contribution in [0.4, 0.5) is 0 Å². The lowest BCUT2D eigenvalue weighted by atomic mass is 10.2. The zero-order chi connectivity index (χ0) is 13.5. The lowest BCUT2D eigenvalue weighted by Gasteiger charge is -2.24. The first-order valence-corrected chi connectivity index (χ1v) is 7.79. The topological polar surface area (TPSA) is 41.6 Å². The summed E-state index contributed by atoms with van der Waals surface area (Å²) in [5, 5.41) is 4.94. The van der Waals surface area contributed by atoms with Crippen LogP contribution in [0, 0.1) is 0 Å². The standard InChI is InChI=1S/C14H22N2O2S/c1-2-15-14(17)11-16(9-12-5-3-7-18-12)10-13-6-4-8-19-13/h4,6,8,12H,2-3,5,7,9-11H2,1H3,(H,15,17). The molecule has 0 saturated carbocycles. The van der Waals surface area contributed by atoms with E-state index < -0.39 is 0 Å². The van der Waals surface area contributed by atoms with Crippen molar-refractivity contribution in [3.63, 3.8) is 0 Å². The molecule has 1 fully saturated rings. The maximum Gasteiger partial charge on any atom is 0.234 e. The predicted molar refractivity (Wildman–Crippen MR) is 77.3 cm³/mol. The first-order chi connectivity index (χ1) is 9.28. The van der Waals surface area contributed by atoms with Crippen LogP contribution in [-0.4, -0.2) is 43.2 Å². The molecule has 4 nitrogen and oxygen atoms in total. The molecule has 2 rings (SSSR count). The van der Waals surface area contributed by atoms with Gasteiger partial charge in [-0.25, -0.2) is 0 Å². The number of nitrogens with one attached hydrogen (secondary N) is 1. The van der Waals surface area contributed by atoms with Crippen molar-refractivity contribution in [1.82, 2.24) is 10.2 Å². The van der Waals surface area contributed by atoms with Crippen LogP contribution in [0.1, 0.15) is 24.6 Å². The maximum atomic E-state index is 11.8. The Hall–Kier alpha value is -0.910. The molecule has 1 aliphatic heterocycles. The lowest BCUT2D eigenvalue weighted by Crippen LogP contribution is -2.40. The molecule has 0 spiro atoms. The summed E-state index contributed by atoms with van der Waals surface area (Å²) in [7, 11) is 0. The Labute approximate surface area is 118 Å². The van der Waals surface area contributed by atoms with Gasteiger partial charge in [-0.05, 0) is 31.2 Å². The number of thiophene rings is 1. The molecule has 1 N–H and O–H groups in total. The fraction of sp³-hybridized carbons (Fsp3) is 0.643. The van der Waals surface area contributed by atoms with Gasteiger partial charge in [0.15, 0.2) is 0 Å². The van der Waals surface area contributed by atoms with E-state index in [1.54, 1.807) is 11.3 Å². The van der Waals surface area contributed by atoms with Crippen LogP contribution in [0.15, 0.2) is 17.5 Å². The molecule has 1 atom stereocenters. The molecule has 0 aliphatic carbocycles. The summed E-state index contributed by atoms with van der Waals surface area (Å²) in [6.07, 6.45) is 2.53. The Bertz CT molecular complexity index is 375. The second-order valence-corrected chi connectivity index (χ2v) is 5.87. The minimum absolute atomic E-state index is 0.0945. The average molecular weight is 282 g/mol. The van der Waals surface area contributed by atoms with E-state index in [1.807, 2.05) is 6.92 Å². The fourth-order valence-electron chi connectivity index (χ4n) is 2.34. The summed E-state index contributed by atoms with van der Waals surface area (Å²) in [6, 6.07) is 4.17. The molecule has 106 valence electrons. The summed E-state index contributed by atoms with van der Waals surface area (Å²) in [5.41, 5.74) is 0. The lowest BCUT2D eigenvalue weighted by molar-refractivity contribution is -0.122. The van der Waals surface area contributed by atoms with E-state index in [4.69, 9.17) is 4.74 Å². The van der Waals surface area contributed by atoms with Crippen molar-refractivity contribution >= 4 is 17.2 Å². The molecular weight excluding hydrogens is 260 g/mol. The number of likely N-dealkylation sites (N-methyl/N-ethyl adjacent to an activating group) is 1. The maximum absolute atomic E-state index is 11.8. The fourth-order valence-corrected chi connectivity index (χ4v) is 3.09. The zero-order valence-corrected chi connectivity index (χ0v) is 12.2. The third kappa shape index (κ3) is 4.93. The summed E-state index contributed by atoms with van der Waals surface area (Å²) in [4.78, 5) is 15.2. The Morgan fingerprint density at radius 3 is 3.16 bits per heavy atom. The molecule has 19 heavy (non-hydrogen) atoms. The Morgan fingerprint density at radius 1 is 1.63 bits per heavy atom. The number of carbonyl (C=O) groups is 1. The van der Waals surface area contributed by atoms with Gasteiger partial charge in [-0.15, -0.1) is 11.3 Å². The summed E-state index contributed by atoms with van der Waals surface area (Å²) < 4.78 is 5.67. The van der Waals surface area contributed by atoms with Crippen molar-refractivity contribution in [3.05, 3.63) is 22.4 Å². The van der Waals surface area contributed by atoms with Gasteiger partial charge in [-0.3, -0.25) is 9.69 Å². The molecule has 1 aliphatic rings.